The van der Waals surface area contributed by atoms with Crippen molar-refractivity contribution in [1.82, 2.24) is 19.5 Å². The summed E-state index contributed by atoms with van der Waals surface area (Å²) < 4.78 is 34.8. The maximum absolute atomic E-state index is 13.1. The number of alkyl carbamates (subject to hydrolysis) is 1. The van der Waals surface area contributed by atoms with E-state index in [1.807, 2.05) is 68.8 Å². The number of carbonyl (C=O) groups is 2. The normalized spacial score (nSPS) is 15.3. The number of ether oxygens (including phenoxy) is 1. The van der Waals surface area contributed by atoms with Gasteiger partial charge in [-0.1, -0.05) is 18.6 Å². The molecular formula is C30H41N5O5S. The summed E-state index contributed by atoms with van der Waals surface area (Å²) >= 11 is 0. The van der Waals surface area contributed by atoms with Gasteiger partial charge in [-0.15, -0.1) is 0 Å². The topological polar surface area (TPSA) is 122 Å². The lowest BCUT2D eigenvalue weighted by molar-refractivity contribution is -0.123. The molecule has 0 spiro atoms. The molecule has 41 heavy (non-hydrogen) atoms. The van der Waals surface area contributed by atoms with Crippen molar-refractivity contribution < 1.29 is 22.7 Å². The highest BCUT2D eigenvalue weighted by atomic mass is 32.2. The third-order valence-electron chi connectivity index (χ3n) is 6.98. The zero-order valence-electron chi connectivity index (χ0n) is 24.3. The van der Waals surface area contributed by atoms with Crippen LogP contribution in [0.25, 0.3) is 10.9 Å². The molecule has 0 bridgehead atoms. The molecule has 0 saturated carbocycles. The van der Waals surface area contributed by atoms with Crippen LogP contribution in [0.2, 0.25) is 0 Å². The zero-order chi connectivity index (χ0) is 29.6. The fraction of sp³-hybridized carbons (Fsp3) is 0.467. The van der Waals surface area contributed by atoms with E-state index < -0.39 is 27.8 Å². The van der Waals surface area contributed by atoms with Crippen molar-refractivity contribution in [3.63, 3.8) is 0 Å². The standard InChI is InChI=1S/C30H41N5O5S/c1-22(35-19-14-24-20-26(12-13-27(24)35)41(38,39)34-17-6-5-7-18-34)28(36)33-21-23-8-10-25(11-9-23)31-15-16-32-29(37)40-30(2,3)4/h8-14,19-20,22,31H,5-7,15-18,21H2,1-4H3,(H,32,37)(H,33,36). The van der Waals surface area contributed by atoms with Crippen molar-refractivity contribution in [3.05, 3.63) is 60.3 Å². The zero-order valence-corrected chi connectivity index (χ0v) is 25.1. The fourth-order valence-electron chi connectivity index (χ4n) is 4.78. The molecule has 4 rings (SSSR count). The number of piperidine rings is 1. The van der Waals surface area contributed by atoms with Gasteiger partial charge in [0.15, 0.2) is 0 Å². The number of nitrogens with zero attached hydrogens (tertiary/aromatic N) is 2. The van der Waals surface area contributed by atoms with Crippen LogP contribution in [-0.4, -0.2) is 61.1 Å². The van der Waals surface area contributed by atoms with Gasteiger partial charge in [-0.2, -0.15) is 4.31 Å². The van der Waals surface area contributed by atoms with E-state index in [1.54, 1.807) is 22.5 Å². The Kier molecular flexibility index (Phi) is 9.60. The molecule has 2 aromatic carbocycles. The Labute approximate surface area is 242 Å². The quantitative estimate of drug-likeness (QED) is 0.299. The van der Waals surface area contributed by atoms with Crippen LogP contribution < -0.4 is 16.0 Å². The van der Waals surface area contributed by atoms with Gasteiger partial charge in [0.05, 0.1) is 4.90 Å². The molecule has 10 nitrogen and oxygen atoms in total. The molecule has 1 atom stereocenters. The first-order valence-corrected chi connectivity index (χ1v) is 15.6. The minimum atomic E-state index is -3.52. The third kappa shape index (κ3) is 8.01. The van der Waals surface area contributed by atoms with Crippen molar-refractivity contribution in [2.24, 2.45) is 0 Å². The average molecular weight is 584 g/mol. The van der Waals surface area contributed by atoms with Crippen molar-refractivity contribution in [1.29, 1.82) is 0 Å². The Morgan fingerprint density at radius 2 is 1.66 bits per heavy atom. The number of anilines is 1. The lowest BCUT2D eigenvalue weighted by atomic mass is 10.2. The largest absolute Gasteiger partial charge is 0.444 e. The van der Waals surface area contributed by atoms with Crippen LogP contribution in [0.5, 0.6) is 0 Å². The number of benzene rings is 2. The van der Waals surface area contributed by atoms with E-state index in [0.29, 0.717) is 37.6 Å². The molecule has 1 unspecified atom stereocenters. The molecule has 11 heteroatoms. The molecule has 1 aromatic heterocycles. The molecular weight excluding hydrogens is 542 g/mol. The van der Waals surface area contributed by atoms with Crippen LogP contribution in [0.3, 0.4) is 0 Å². The first-order valence-electron chi connectivity index (χ1n) is 14.1. The van der Waals surface area contributed by atoms with Gasteiger partial charge in [0.1, 0.15) is 11.6 Å². The molecule has 1 aliphatic heterocycles. The molecule has 222 valence electrons. The summed E-state index contributed by atoms with van der Waals surface area (Å²) in [6.45, 7) is 9.75. The Hall–Kier alpha value is -3.57. The number of nitrogens with one attached hydrogen (secondary N) is 3. The fourth-order valence-corrected chi connectivity index (χ4v) is 6.34. The van der Waals surface area contributed by atoms with E-state index in [-0.39, 0.29) is 5.91 Å². The molecule has 1 aliphatic rings. The van der Waals surface area contributed by atoms with Crippen LogP contribution in [0.1, 0.15) is 58.6 Å². The Morgan fingerprint density at radius 1 is 0.951 bits per heavy atom. The summed E-state index contributed by atoms with van der Waals surface area (Å²) in [7, 11) is -3.52. The number of rotatable bonds is 10. The Balaban J connectivity index is 1.28. The number of hydrogen-bond acceptors (Lipinski definition) is 6. The molecule has 1 saturated heterocycles. The summed E-state index contributed by atoms with van der Waals surface area (Å²) in [5.41, 5.74) is 2.13. The smallest absolute Gasteiger partial charge is 0.407 e. The molecule has 1 fully saturated rings. The molecule has 3 aromatic rings. The SMILES string of the molecule is CC(C(=O)NCc1ccc(NCCNC(=O)OC(C)(C)C)cc1)n1ccc2cc(S(=O)(=O)N3CCCCC3)ccc21. The van der Waals surface area contributed by atoms with Gasteiger partial charge in [-0.25, -0.2) is 13.2 Å². The first-order chi connectivity index (χ1) is 19.4. The van der Waals surface area contributed by atoms with Crippen LogP contribution in [0.4, 0.5) is 10.5 Å². The van der Waals surface area contributed by atoms with Gasteiger partial charge < -0.3 is 25.3 Å². The van der Waals surface area contributed by atoms with Crippen LogP contribution in [-0.2, 0) is 26.1 Å². The van der Waals surface area contributed by atoms with Gasteiger partial charge >= 0.3 is 6.09 Å². The highest BCUT2D eigenvalue weighted by Crippen LogP contribution is 2.27. The number of amides is 2. The van der Waals surface area contributed by atoms with E-state index >= 15 is 0 Å². The first kappa shape index (κ1) is 30.4. The van der Waals surface area contributed by atoms with Crippen LogP contribution in [0.15, 0.2) is 59.6 Å². The number of sulfonamides is 1. The van der Waals surface area contributed by atoms with E-state index in [4.69, 9.17) is 4.74 Å². The highest BCUT2D eigenvalue weighted by molar-refractivity contribution is 7.89. The third-order valence-corrected chi connectivity index (χ3v) is 8.88. The lowest BCUT2D eigenvalue weighted by Gasteiger charge is -2.26. The number of carbonyl (C=O) groups excluding carboxylic acids is 2. The molecule has 3 N–H and O–H groups in total. The maximum atomic E-state index is 13.1. The number of fused-ring (bicyclic) bond motifs is 1. The number of aromatic nitrogens is 1. The molecule has 0 radical (unpaired) electrons. The van der Waals surface area contributed by atoms with E-state index in [1.165, 1.54) is 0 Å². The highest BCUT2D eigenvalue weighted by Gasteiger charge is 2.26. The Bertz CT molecular complexity index is 1450. The molecule has 0 aliphatic carbocycles. The summed E-state index contributed by atoms with van der Waals surface area (Å²) in [4.78, 5) is 25.0. The van der Waals surface area contributed by atoms with E-state index in [2.05, 4.69) is 16.0 Å². The van der Waals surface area contributed by atoms with Gasteiger partial charge in [0.2, 0.25) is 15.9 Å². The van der Waals surface area contributed by atoms with Crippen molar-refractivity contribution in [2.75, 3.05) is 31.5 Å². The monoisotopic (exact) mass is 583 g/mol. The van der Waals surface area contributed by atoms with Crippen molar-refractivity contribution >= 4 is 38.6 Å². The van der Waals surface area contributed by atoms with E-state index in [9.17, 15) is 18.0 Å². The summed E-state index contributed by atoms with van der Waals surface area (Å²) in [5, 5.41) is 9.72. The van der Waals surface area contributed by atoms with Crippen LogP contribution >= 0.6 is 0 Å². The van der Waals surface area contributed by atoms with Gasteiger partial charge in [-0.05, 0) is 82.5 Å². The summed E-state index contributed by atoms with van der Waals surface area (Å²) in [6.07, 6.45) is 4.22. The van der Waals surface area contributed by atoms with E-state index in [0.717, 1.165) is 41.4 Å². The second-order valence-corrected chi connectivity index (χ2v) is 13.3. The number of hydrogen-bond donors (Lipinski definition) is 3. The summed E-state index contributed by atoms with van der Waals surface area (Å²) in [6, 6.07) is 14.2. The minimum Gasteiger partial charge on any atom is -0.444 e. The average Bonchev–Trinajstić information content (AvgIpc) is 3.37. The second-order valence-electron chi connectivity index (χ2n) is 11.4. The van der Waals surface area contributed by atoms with Crippen molar-refractivity contribution in [3.8, 4) is 0 Å². The summed E-state index contributed by atoms with van der Waals surface area (Å²) in [5.74, 6) is -0.136. The Morgan fingerprint density at radius 3 is 2.34 bits per heavy atom. The predicted octanol–water partition coefficient (Wildman–Crippen LogP) is 4.63. The second kappa shape index (κ2) is 12.9. The van der Waals surface area contributed by atoms with Gasteiger partial charge in [-0.3, -0.25) is 4.79 Å². The minimum absolute atomic E-state index is 0.136. The maximum Gasteiger partial charge on any atom is 0.407 e. The van der Waals surface area contributed by atoms with Gasteiger partial charge in [0, 0.05) is 55.5 Å². The molecule has 2 amide bonds. The lowest BCUT2D eigenvalue weighted by Crippen LogP contribution is -2.35. The van der Waals surface area contributed by atoms with Gasteiger partial charge in [0.25, 0.3) is 0 Å². The van der Waals surface area contributed by atoms with Crippen LogP contribution in [0, 0.1) is 0 Å². The molecule has 2 heterocycles. The predicted molar refractivity (Wildman–Crippen MR) is 160 cm³/mol. The van der Waals surface area contributed by atoms with Crippen molar-refractivity contribution in [2.45, 2.75) is 70.0 Å².